The van der Waals surface area contributed by atoms with Gasteiger partial charge < -0.3 is 30.2 Å². The first-order valence-electron chi connectivity index (χ1n) is 14.0. The maximum atomic E-state index is 5.87. The van der Waals surface area contributed by atoms with E-state index in [0.717, 1.165) is 46.5 Å². The fourth-order valence-corrected chi connectivity index (χ4v) is 6.22. The maximum absolute atomic E-state index is 5.87. The molecule has 0 amide bonds. The molecule has 2 aliphatic rings. The summed E-state index contributed by atoms with van der Waals surface area (Å²) in [6, 6.07) is 18.2. The van der Waals surface area contributed by atoms with Gasteiger partial charge in [0.05, 0.1) is 54.4 Å². The molecule has 0 aromatic heterocycles. The lowest BCUT2D eigenvalue weighted by molar-refractivity contribution is -0.913. The van der Waals surface area contributed by atoms with E-state index in [-0.39, 0.29) is 0 Å². The van der Waals surface area contributed by atoms with Gasteiger partial charge in [-0.25, -0.2) is 0 Å². The standard InChI is InChI=1S/C30H50N6/c1-35(2,29-17-19-33(23-29)27-13-9-25(31)10-14-27)21-7-5-6-8-22-36(3,4)30-18-20-34(24-30)28-15-11-26(32)12-16-28/h9-16,29-30H,5-8,17-24,31-32H2,1-4H3/q+2. The van der Waals surface area contributed by atoms with Gasteiger partial charge >= 0.3 is 0 Å². The summed E-state index contributed by atoms with van der Waals surface area (Å²) in [6.07, 6.45) is 7.90. The Hall–Kier alpha value is -2.44. The van der Waals surface area contributed by atoms with Gasteiger partial charge in [0.15, 0.2) is 0 Å². The molecule has 4 N–H and O–H groups in total. The molecule has 2 atom stereocenters. The Morgan fingerprint density at radius 1 is 0.611 bits per heavy atom. The first kappa shape index (κ1) is 26.6. The van der Waals surface area contributed by atoms with E-state index in [1.165, 1.54) is 63.0 Å². The van der Waals surface area contributed by atoms with Crippen LogP contribution in [0.5, 0.6) is 0 Å². The molecule has 2 aliphatic heterocycles. The van der Waals surface area contributed by atoms with Crippen molar-refractivity contribution >= 4 is 22.7 Å². The summed E-state index contributed by atoms with van der Waals surface area (Å²) in [4.78, 5) is 5.06. The van der Waals surface area contributed by atoms with Crippen molar-refractivity contribution in [3.63, 3.8) is 0 Å². The van der Waals surface area contributed by atoms with Gasteiger partial charge in [-0.3, -0.25) is 0 Å². The zero-order valence-electron chi connectivity index (χ0n) is 23.2. The molecule has 4 rings (SSSR count). The molecule has 0 aliphatic carbocycles. The van der Waals surface area contributed by atoms with E-state index in [1.807, 2.05) is 24.3 Å². The van der Waals surface area contributed by atoms with Crippen LogP contribution >= 0.6 is 0 Å². The van der Waals surface area contributed by atoms with E-state index in [9.17, 15) is 0 Å². The van der Waals surface area contributed by atoms with Crippen molar-refractivity contribution in [1.82, 2.24) is 0 Å². The summed E-state index contributed by atoms with van der Waals surface area (Å²) in [5.74, 6) is 0. The quantitative estimate of drug-likeness (QED) is 0.276. The van der Waals surface area contributed by atoms with E-state index in [0.29, 0.717) is 12.1 Å². The number of rotatable bonds is 11. The molecule has 2 aromatic carbocycles. The van der Waals surface area contributed by atoms with Crippen molar-refractivity contribution in [2.75, 3.05) is 88.7 Å². The first-order valence-corrected chi connectivity index (χ1v) is 14.0. The largest absolute Gasteiger partial charge is 0.399 e. The lowest BCUT2D eigenvalue weighted by Crippen LogP contribution is -2.51. The summed E-state index contributed by atoms with van der Waals surface area (Å²) in [6.45, 7) is 7.16. The third-order valence-corrected chi connectivity index (χ3v) is 9.04. The summed E-state index contributed by atoms with van der Waals surface area (Å²) in [5.41, 5.74) is 16.1. The van der Waals surface area contributed by atoms with Crippen molar-refractivity contribution in [2.45, 2.75) is 50.6 Å². The van der Waals surface area contributed by atoms with Crippen LogP contribution in [0.2, 0.25) is 0 Å². The zero-order valence-corrected chi connectivity index (χ0v) is 23.2. The predicted molar refractivity (Wildman–Crippen MR) is 155 cm³/mol. The van der Waals surface area contributed by atoms with Crippen LogP contribution in [0, 0.1) is 0 Å². The van der Waals surface area contributed by atoms with Crippen LogP contribution in [0.4, 0.5) is 22.7 Å². The molecule has 0 spiro atoms. The van der Waals surface area contributed by atoms with E-state index < -0.39 is 0 Å². The minimum atomic E-state index is 0.713. The second kappa shape index (κ2) is 11.3. The molecular formula is C30H50N6+2. The highest BCUT2D eigenvalue weighted by Gasteiger charge is 2.36. The van der Waals surface area contributed by atoms with Gasteiger partial charge in [-0.15, -0.1) is 0 Å². The van der Waals surface area contributed by atoms with E-state index in [2.05, 4.69) is 62.3 Å². The molecule has 0 saturated carbocycles. The van der Waals surface area contributed by atoms with E-state index in [1.54, 1.807) is 0 Å². The summed E-state index contributed by atoms with van der Waals surface area (Å²) < 4.78 is 2.27. The van der Waals surface area contributed by atoms with E-state index >= 15 is 0 Å². The average Bonchev–Trinajstić information content (AvgIpc) is 3.54. The number of nitrogens with two attached hydrogens (primary N) is 2. The zero-order chi connectivity index (χ0) is 25.8. The molecule has 6 heteroatoms. The second-order valence-electron chi connectivity index (χ2n) is 12.4. The number of unbranched alkanes of at least 4 members (excludes halogenated alkanes) is 3. The minimum Gasteiger partial charge on any atom is -0.399 e. The van der Waals surface area contributed by atoms with Gasteiger partial charge in [0, 0.05) is 48.7 Å². The highest BCUT2D eigenvalue weighted by molar-refractivity contribution is 5.54. The highest BCUT2D eigenvalue weighted by atomic mass is 15.4. The number of quaternary nitrogens is 2. The van der Waals surface area contributed by atoms with Crippen LogP contribution in [0.15, 0.2) is 48.5 Å². The lowest BCUT2D eigenvalue weighted by atomic mass is 10.1. The predicted octanol–water partition coefficient (Wildman–Crippen LogP) is 4.42. The number of nitrogens with zero attached hydrogens (tertiary/aromatic N) is 4. The molecule has 6 nitrogen and oxygen atoms in total. The van der Waals surface area contributed by atoms with Crippen LogP contribution in [0.25, 0.3) is 0 Å². The third kappa shape index (κ3) is 6.65. The molecular weight excluding hydrogens is 444 g/mol. The lowest BCUT2D eigenvalue weighted by Gasteiger charge is -2.37. The monoisotopic (exact) mass is 494 g/mol. The van der Waals surface area contributed by atoms with Crippen LogP contribution in [-0.4, -0.2) is 88.5 Å². The number of likely N-dealkylation sites (N-methyl/N-ethyl adjacent to an activating group) is 2. The Bertz CT molecular complexity index is 873. The number of hydrogen-bond donors (Lipinski definition) is 2. The highest BCUT2D eigenvalue weighted by Crippen LogP contribution is 2.28. The van der Waals surface area contributed by atoms with Crippen LogP contribution in [0.1, 0.15) is 38.5 Å². The molecule has 2 aromatic rings. The first-order chi connectivity index (χ1) is 17.1. The Balaban J connectivity index is 1.14. The van der Waals surface area contributed by atoms with Crippen molar-refractivity contribution in [3.8, 4) is 0 Å². The van der Waals surface area contributed by atoms with Crippen LogP contribution in [0.3, 0.4) is 0 Å². The fraction of sp³-hybridized carbons (Fsp3) is 0.600. The molecule has 0 radical (unpaired) electrons. The summed E-state index contributed by atoms with van der Waals surface area (Å²) in [7, 11) is 9.74. The van der Waals surface area contributed by atoms with Gasteiger partial charge in [0.25, 0.3) is 0 Å². The van der Waals surface area contributed by atoms with Gasteiger partial charge in [-0.2, -0.15) is 0 Å². The Morgan fingerprint density at radius 2 is 0.972 bits per heavy atom. The Labute approximate surface area is 219 Å². The molecule has 2 fully saturated rings. The third-order valence-electron chi connectivity index (χ3n) is 9.04. The number of anilines is 4. The Kier molecular flexibility index (Phi) is 8.36. The second-order valence-corrected chi connectivity index (χ2v) is 12.4. The normalized spacial score (nSPS) is 20.9. The molecule has 0 bridgehead atoms. The number of benzene rings is 2. The van der Waals surface area contributed by atoms with Crippen LogP contribution < -0.4 is 21.3 Å². The summed E-state index contributed by atoms with van der Waals surface area (Å²) in [5, 5.41) is 0. The van der Waals surface area contributed by atoms with Crippen molar-refractivity contribution < 1.29 is 8.97 Å². The fourth-order valence-electron chi connectivity index (χ4n) is 6.22. The maximum Gasteiger partial charge on any atom is 0.108 e. The van der Waals surface area contributed by atoms with Gasteiger partial charge in [0.2, 0.25) is 0 Å². The topological polar surface area (TPSA) is 58.5 Å². The smallest absolute Gasteiger partial charge is 0.108 e. The van der Waals surface area contributed by atoms with Crippen LogP contribution in [-0.2, 0) is 0 Å². The van der Waals surface area contributed by atoms with Crippen molar-refractivity contribution in [2.24, 2.45) is 0 Å². The van der Waals surface area contributed by atoms with Gasteiger partial charge in [-0.05, 0) is 74.2 Å². The summed E-state index contributed by atoms with van der Waals surface area (Å²) >= 11 is 0. The molecule has 2 saturated heterocycles. The average molecular weight is 495 g/mol. The number of nitrogen functional groups attached to an aromatic ring is 2. The molecule has 36 heavy (non-hydrogen) atoms. The molecule has 2 heterocycles. The Morgan fingerprint density at radius 3 is 1.33 bits per heavy atom. The van der Waals surface area contributed by atoms with E-state index in [4.69, 9.17) is 11.5 Å². The van der Waals surface area contributed by atoms with Gasteiger partial charge in [-0.1, -0.05) is 0 Å². The molecule has 198 valence electrons. The van der Waals surface area contributed by atoms with Gasteiger partial charge in [0.1, 0.15) is 12.1 Å². The van der Waals surface area contributed by atoms with Crippen molar-refractivity contribution in [1.29, 1.82) is 0 Å². The molecule has 2 unspecified atom stereocenters. The SMILES string of the molecule is C[N+](C)(CCCCCC[N+](C)(C)C1CCN(c2ccc(N)cc2)C1)C1CCN(c2ccc(N)cc2)C1. The minimum absolute atomic E-state index is 0.713. The number of hydrogen-bond acceptors (Lipinski definition) is 4. The van der Waals surface area contributed by atoms with Crippen molar-refractivity contribution in [3.05, 3.63) is 48.5 Å².